The van der Waals surface area contributed by atoms with Gasteiger partial charge < -0.3 is 9.64 Å². The molecule has 0 spiro atoms. The van der Waals surface area contributed by atoms with Crippen molar-refractivity contribution in [3.05, 3.63) is 40.0 Å². The van der Waals surface area contributed by atoms with Gasteiger partial charge in [-0.1, -0.05) is 0 Å². The normalized spacial score (nSPS) is 18.3. The Morgan fingerprint density at radius 1 is 1.45 bits per heavy atom. The van der Waals surface area contributed by atoms with Gasteiger partial charge in [0.05, 0.1) is 23.4 Å². The van der Waals surface area contributed by atoms with Gasteiger partial charge in [0.25, 0.3) is 0 Å². The molecule has 5 nitrogen and oxygen atoms in total. The van der Waals surface area contributed by atoms with Crippen molar-refractivity contribution in [2.45, 2.75) is 25.7 Å². The van der Waals surface area contributed by atoms with E-state index in [0.717, 1.165) is 25.3 Å². The van der Waals surface area contributed by atoms with Gasteiger partial charge in [0.15, 0.2) is 0 Å². The molecule has 1 aliphatic rings. The molecule has 0 saturated carbocycles. The summed E-state index contributed by atoms with van der Waals surface area (Å²) in [5.41, 5.74) is 1.24. The first-order valence-electron chi connectivity index (χ1n) is 7.39. The number of carbonyl (C=O) groups excluding carboxylic acids is 1. The molecule has 1 fully saturated rings. The van der Waals surface area contributed by atoms with Crippen molar-refractivity contribution in [3.8, 4) is 0 Å². The van der Waals surface area contributed by atoms with Gasteiger partial charge in [-0.25, -0.2) is 14.8 Å². The highest BCUT2D eigenvalue weighted by Crippen LogP contribution is 2.30. The average Bonchev–Trinajstić information content (AvgIpc) is 3.09. The first-order chi connectivity index (χ1) is 10.7. The lowest BCUT2D eigenvalue weighted by Crippen LogP contribution is -2.35. The molecule has 1 saturated heterocycles. The van der Waals surface area contributed by atoms with Gasteiger partial charge in [-0.05, 0) is 31.9 Å². The predicted octanol–water partition coefficient (Wildman–Crippen LogP) is 3.02. The van der Waals surface area contributed by atoms with E-state index in [4.69, 9.17) is 4.74 Å². The molecule has 0 radical (unpaired) electrons. The number of piperidine rings is 1. The lowest BCUT2D eigenvalue weighted by molar-refractivity contribution is 0.0599. The largest absolute Gasteiger partial charge is 0.465 e. The van der Waals surface area contributed by atoms with Gasteiger partial charge in [0, 0.05) is 30.6 Å². The van der Waals surface area contributed by atoms with Crippen LogP contribution in [-0.2, 0) is 4.74 Å². The number of pyridine rings is 1. The maximum atomic E-state index is 11.6. The Balaban J connectivity index is 1.79. The Labute approximate surface area is 134 Å². The molecule has 2 aromatic heterocycles. The van der Waals surface area contributed by atoms with Crippen molar-refractivity contribution in [3.63, 3.8) is 0 Å². The summed E-state index contributed by atoms with van der Waals surface area (Å²) in [7, 11) is 1.39. The Bertz CT molecular complexity index is 657. The number of aromatic nitrogens is 2. The number of rotatable bonds is 3. The molecule has 116 valence electrons. The molecule has 0 aliphatic carbocycles. The molecule has 1 atom stereocenters. The smallest absolute Gasteiger partial charge is 0.339 e. The number of esters is 1. The first kappa shape index (κ1) is 15.0. The van der Waals surface area contributed by atoms with E-state index in [-0.39, 0.29) is 5.97 Å². The maximum absolute atomic E-state index is 11.6. The number of aryl methyl sites for hydroxylation is 1. The number of thiazole rings is 1. The van der Waals surface area contributed by atoms with Crippen LogP contribution in [0.4, 0.5) is 5.82 Å². The summed E-state index contributed by atoms with van der Waals surface area (Å²) in [6, 6.07) is 3.71. The van der Waals surface area contributed by atoms with Crippen LogP contribution in [0.25, 0.3) is 0 Å². The number of carbonyl (C=O) groups is 1. The van der Waals surface area contributed by atoms with Gasteiger partial charge in [0.1, 0.15) is 5.82 Å². The van der Waals surface area contributed by atoms with Crippen molar-refractivity contribution in [1.82, 2.24) is 9.97 Å². The van der Waals surface area contributed by atoms with Crippen LogP contribution in [0.1, 0.15) is 39.8 Å². The molecule has 1 unspecified atom stereocenters. The third-order valence-corrected chi connectivity index (χ3v) is 4.96. The van der Waals surface area contributed by atoms with Crippen LogP contribution in [0, 0.1) is 6.92 Å². The SMILES string of the molecule is COC(=O)c1ccc(N2CCCC(c3nccs3)C2)nc1C. The fourth-order valence-electron chi connectivity index (χ4n) is 2.87. The van der Waals surface area contributed by atoms with E-state index in [9.17, 15) is 4.79 Å². The molecule has 1 aliphatic heterocycles. The lowest BCUT2D eigenvalue weighted by atomic mass is 9.98. The van der Waals surface area contributed by atoms with Crippen molar-refractivity contribution in [1.29, 1.82) is 0 Å². The third kappa shape index (κ3) is 2.97. The second-order valence-corrected chi connectivity index (χ2v) is 6.38. The van der Waals surface area contributed by atoms with Gasteiger partial charge in [-0.3, -0.25) is 0 Å². The molecule has 0 N–H and O–H groups in total. The zero-order valence-corrected chi connectivity index (χ0v) is 13.6. The van der Waals surface area contributed by atoms with E-state index in [2.05, 4.69) is 14.9 Å². The molecule has 22 heavy (non-hydrogen) atoms. The summed E-state index contributed by atoms with van der Waals surface area (Å²) < 4.78 is 4.77. The minimum atomic E-state index is -0.337. The van der Waals surface area contributed by atoms with E-state index in [0.29, 0.717) is 17.2 Å². The van der Waals surface area contributed by atoms with E-state index < -0.39 is 0 Å². The fraction of sp³-hybridized carbons (Fsp3) is 0.438. The fourth-order valence-corrected chi connectivity index (χ4v) is 3.64. The summed E-state index contributed by atoms with van der Waals surface area (Å²) in [5, 5.41) is 3.23. The number of hydrogen-bond acceptors (Lipinski definition) is 6. The van der Waals surface area contributed by atoms with Gasteiger partial charge in [0.2, 0.25) is 0 Å². The Hall–Kier alpha value is -1.95. The quantitative estimate of drug-likeness (QED) is 0.815. The van der Waals surface area contributed by atoms with Crippen LogP contribution in [0.5, 0.6) is 0 Å². The van der Waals surface area contributed by atoms with Gasteiger partial charge in [-0.15, -0.1) is 11.3 Å². The highest BCUT2D eigenvalue weighted by Gasteiger charge is 2.24. The van der Waals surface area contributed by atoms with Crippen molar-refractivity contribution in [2.75, 3.05) is 25.1 Å². The molecule has 3 heterocycles. The van der Waals surface area contributed by atoms with Crippen LogP contribution >= 0.6 is 11.3 Å². The van der Waals surface area contributed by atoms with E-state index in [1.807, 2.05) is 24.6 Å². The third-order valence-electron chi connectivity index (χ3n) is 4.02. The first-order valence-corrected chi connectivity index (χ1v) is 8.27. The molecule has 0 aromatic carbocycles. The van der Waals surface area contributed by atoms with Crippen molar-refractivity contribution < 1.29 is 9.53 Å². The molecule has 2 aromatic rings. The number of methoxy groups -OCH3 is 1. The maximum Gasteiger partial charge on any atom is 0.339 e. The summed E-state index contributed by atoms with van der Waals surface area (Å²) in [5.74, 6) is 1.05. The lowest BCUT2D eigenvalue weighted by Gasteiger charge is -2.33. The molecule has 0 bridgehead atoms. The summed E-state index contributed by atoms with van der Waals surface area (Å²) >= 11 is 1.72. The van der Waals surface area contributed by atoms with E-state index in [1.165, 1.54) is 18.5 Å². The van der Waals surface area contributed by atoms with Gasteiger partial charge in [-0.2, -0.15) is 0 Å². The Kier molecular flexibility index (Phi) is 4.38. The van der Waals surface area contributed by atoms with Crippen LogP contribution in [0.3, 0.4) is 0 Å². The van der Waals surface area contributed by atoms with E-state index in [1.54, 1.807) is 17.4 Å². The molecule has 0 amide bonds. The minimum Gasteiger partial charge on any atom is -0.465 e. The number of ether oxygens (including phenoxy) is 1. The monoisotopic (exact) mass is 317 g/mol. The highest BCUT2D eigenvalue weighted by molar-refractivity contribution is 7.09. The second kappa shape index (κ2) is 6.44. The van der Waals surface area contributed by atoms with Crippen LogP contribution in [0.15, 0.2) is 23.7 Å². The van der Waals surface area contributed by atoms with Crippen molar-refractivity contribution in [2.24, 2.45) is 0 Å². The topological polar surface area (TPSA) is 55.3 Å². The van der Waals surface area contributed by atoms with Crippen LogP contribution < -0.4 is 4.90 Å². The average molecular weight is 317 g/mol. The van der Waals surface area contributed by atoms with Crippen LogP contribution in [-0.4, -0.2) is 36.1 Å². The van der Waals surface area contributed by atoms with Gasteiger partial charge >= 0.3 is 5.97 Å². The summed E-state index contributed by atoms with van der Waals surface area (Å²) in [6.45, 7) is 3.77. The van der Waals surface area contributed by atoms with Crippen LogP contribution in [0.2, 0.25) is 0 Å². The number of hydrogen-bond donors (Lipinski definition) is 0. The standard InChI is InChI=1S/C16H19N3O2S/c1-11-13(16(20)21-2)5-6-14(18-11)19-8-3-4-12(10-19)15-17-7-9-22-15/h5-7,9,12H,3-4,8,10H2,1-2H3. The minimum absolute atomic E-state index is 0.337. The predicted molar refractivity (Wildman–Crippen MR) is 86.6 cm³/mol. The summed E-state index contributed by atoms with van der Waals surface area (Å²) in [4.78, 5) is 23.0. The van der Waals surface area contributed by atoms with E-state index >= 15 is 0 Å². The summed E-state index contributed by atoms with van der Waals surface area (Å²) in [6.07, 6.45) is 4.17. The zero-order valence-electron chi connectivity index (χ0n) is 12.8. The number of anilines is 1. The molecule has 3 rings (SSSR count). The molecular weight excluding hydrogens is 298 g/mol. The molecule has 6 heteroatoms. The Morgan fingerprint density at radius 3 is 3.00 bits per heavy atom. The molecular formula is C16H19N3O2S. The van der Waals surface area contributed by atoms with Crippen molar-refractivity contribution >= 4 is 23.1 Å². The zero-order chi connectivity index (χ0) is 15.5. The Morgan fingerprint density at radius 2 is 2.32 bits per heavy atom. The number of nitrogens with zero attached hydrogens (tertiary/aromatic N) is 3. The highest BCUT2D eigenvalue weighted by atomic mass is 32.1. The second-order valence-electron chi connectivity index (χ2n) is 5.45.